The van der Waals surface area contributed by atoms with E-state index in [2.05, 4.69) is 0 Å². The van der Waals surface area contributed by atoms with E-state index >= 15 is 0 Å². The average Bonchev–Trinajstić information content (AvgIpc) is 2.41. The molecule has 0 spiro atoms. The van der Waals surface area contributed by atoms with Crippen LogP contribution in [0.15, 0.2) is 0 Å². The highest BCUT2D eigenvalue weighted by atomic mass is 35.5. The van der Waals surface area contributed by atoms with Gasteiger partial charge >= 0.3 is 0 Å². The Morgan fingerprint density at radius 2 is 1.12 bits per heavy atom. The lowest BCUT2D eigenvalue weighted by Crippen LogP contribution is -2.43. The second kappa shape index (κ2) is 6.45. The normalized spacial score (nSPS) is 45.0. The first-order valence-corrected chi connectivity index (χ1v) is 8.44. The molecule has 17 heavy (non-hydrogen) atoms. The molecular formula is C16H29Cl. The standard InChI is InChI=1S/C14H23Cl.C2H6/c15-14-12-7-3-1-5-10(12)9-11-6-2-4-8-13(11)14;1-2/h10-14H,1-9H2;1-2H3. The molecule has 3 aliphatic rings. The van der Waals surface area contributed by atoms with Crippen molar-refractivity contribution in [3.05, 3.63) is 0 Å². The summed E-state index contributed by atoms with van der Waals surface area (Å²) in [4.78, 5) is 0. The minimum absolute atomic E-state index is 0.536. The molecule has 0 nitrogen and oxygen atoms in total. The van der Waals surface area contributed by atoms with Gasteiger partial charge in [-0.1, -0.05) is 52.4 Å². The summed E-state index contributed by atoms with van der Waals surface area (Å²) in [6.07, 6.45) is 13.2. The third-order valence-electron chi connectivity index (χ3n) is 5.36. The lowest BCUT2D eigenvalue weighted by molar-refractivity contribution is 0.0570. The van der Waals surface area contributed by atoms with Crippen molar-refractivity contribution < 1.29 is 0 Å². The van der Waals surface area contributed by atoms with Crippen LogP contribution in [0.3, 0.4) is 0 Å². The SMILES string of the molecule is CC.ClC1C2CCCCC2CC2CCCCC21. The second-order valence-corrected chi connectivity index (χ2v) is 6.60. The van der Waals surface area contributed by atoms with Crippen molar-refractivity contribution in [3.8, 4) is 0 Å². The number of hydrogen-bond acceptors (Lipinski definition) is 0. The van der Waals surface area contributed by atoms with E-state index in [0.29, 0.717) is 5.38 Å². The molecule has 3 saturated carbocycles. The van der Waals surface area contributed by atoms with E-state index in [4.69, 9.17) is 11.6 Å². The van der Waals surface area contributed by atoms with E-state index in [9.17, 15) is 0 Å². The first-order valence-electron chi connectivity index (χ1n) is 8.00. The number of alkyl halides is 1. The van der Waals surface area contributed by atoms with Gasteiger partial charge in [0.25, 0.3) is 0 Å². The van der Waals surface area contributed by atoms with Crippen LogP contribution in [0, 0.1) is 23.7 Å². The van der Waals surface area contributed by atoms with Crippen molar-refractivity contribution in [1.29, 1.82) is 0 Å². The fourth-order valence-electron chi connectivity index (χ4n) is 4.60. The van der Waals surface area contributed by atoms with Crippen LogP contribution in [0.5, 0.6) is 0 Å². The van der Waals surface area contributed by atoms with Crippen LogP contribution in [-0.4, -0.2) is 5.38 Å². The number of rotatable bonds is 0. The molecule has 0 aromatic heterocycles. The van der Waals surface area contributed by atoms with Crippen LogP contribution in [-0.2, 0) is 0 Å². The molecule has 3 fully saturated rings. The van der Waals surface area contributed by atoms with Crippen molar-refractivity contribution in [2.24, 2.45) is 23.7 Å². The Kier molecular flexibility index (Phi) is 5.21. The molecule has 0 aliphatic heterocycles. The van der Waals surface area contributed by atoms with Gasteiger partial charge < -0.3 is 0 Å². The van der Waals surface area contributed by atoms with E-state index in [0.717, 1.165) is 23.7 Å². The molecule has 3 rings (SSSR count). The average molecular weight is 257 g/mol. The maximum Gasteiger partial charge on any atom is 0.0397 e. The molecule has 4 atom stereocenters. The molecule has 0 aromatic rings. The highest BCUT2D eigenvalue weighted by molar-refractivity contribution is 6.21. The minimum Gasteiger partial charge on any atom is -0.122 e. The van der Waals surface area contributed by atoms with E-state index in [1.165, 1.54) is 57.8 Å². The van der Waals surface area contributed by atoms with Crippen LogP contribution in [0.4, 0.5) is 0 Å². The molecule has 0 radical (unpaired) electrons. The number of halogens is 1. The van der Waals surface area contributed by atoms with Crippen molar-refractivity contribution in [2.45, 2.75) is 77.0 Å². The summed E-state index contributed by atoms with van der Waals surface area (Å²) in [6.45, 7) is 4.00. The maximum atomic E-state index is 6.76. The third kappa shape index (κ3) is 2.83. The summed E-state index contributed by atoms with van der Waals surface area (Å²) in [5.41, 5.74) is 0. The summed E-state index contributed by atoms with van der Waals surface area (Å²) < 4.78 is 0. The predicted octanol–water partition coefficient (Wildman–Crippen LogP) is 5.64. The van der Waals surface area contributed by atoms with Crippen LogP contribution >= 0.6 is 11.6 Å². The Morgan fingerprint density at radius 1 is 0.706 bits per heavy atom. The van der Waals surface area contributed by atoms with Crippen LogP contribution in [0.25, 0.3) is 0 Å². The van der Waals surface area contributed by atoms with Gasteiger partial charge in [-0.25, -0.2) is 0 Å². The zero-order valence-electron chi connectivity index (χ0n) is 11.6. The number of fused-ring (bicyclic) bond motifs is 2. The van der Waals surface area contributed by atoms with E-state index in [1.54, 1.807) is 0 Å². The molecule has 0 amide bonds. The van der Waals surface area contributed by atoms with Crippen molar-refractivity contribution >= 4 is 11.6 Å². The van der Waals surface area contributed by atoms with Gasteiger partial charge in [-0.15, -0.1) is 11.6 Å². The Bertz CT molecular complexity index is 204. The molecular weight excluding hydrogens is 228 g/mol. The quantitative estimate of drug-likeness (QED) is 0.492. The Hall–Kier alpha value is 0.290. The van der Waals surface area contributed by atoms with Gasteiger partial charge in [-0.3, -0.25) is 0 Å². The van der Waals surface area contributed by atoms with Crippen LogP contribution < -0.4 is 0 Å². The van der Waals surface area contributed by atoms with Crippen molar-refractivity contribution in [2.75, 3.05) is 0 Å². The Balaban J connectivity index is 0.000000514. The van der Waals surface area contributed by atoms with Crippen molar-refractivity contribution in [3.63, 3.8) is 0 Å². The second-order valence-electron chi connectivity index (χ2n) is 6.10. The first kappa shape index (κ1) is 13.7. The molecule has 4 unspecified atom stereocenters. The Labute approximate surface area is 113 Å². The van der Waals surface area contributed by atoms with E-state index in [-0.39, 0.29) is 0 Å². The summed E-state index contributed by atoms with van der Waals surface area (Å²) in [6, 6.07) is 0. The van der Waals surface area contributed by atoms with Gasteiger partial charge in [0.2, 0.25) is 0 Å². The fourth-order valence-corrected chi connectivity index (χ4v) is 5.27. The highest BCUT2D eigenvalue weighted by Crippen LogP contribution is 2.51. The first-order chi connectivity index (χ1) is 8.36. The number of hydrogen-bond donors (Lipinski definition) is 0. The molecule has 1 heteroatoms. The molecule has 0 N–H and O–H groups in total. The fraction of sp³-hybridized carbons (Fsp3) is 1.00. The monoisotopic (exact) mass is 256 g/mol. The maximum absolute atomic E-state index is 6.76. The molecule has 0 saturated heterocycles. The zero-order chi connectivity index (χ0) is 12.3. The lowest BCUT2D eigenvalue weighted by atomic mass is 9.59. The van der Waals surface area contributed by atoms with Gasteiger partial charge in [0.05, 0.1) is 0 Å². The molecule has 0 heterocycles. The summed E-state index contributed by atoms with van der Waals surface area (Å²) in [7, 11) is 0. The van der Waals surface area contributed by atoms with Crippen LogP contribution in [0.1, 0.15) is 71.6 Å². The molecule has 0 aromatic carbocycles. The summed E-state index contributed by atoms with van der Waals surface area (Å²) in [5.74, 6) is 3.78. The summed E-state index contributed by atoms with van der Waals surface area (Å²) in [5, 5.41) is 0.536. The predicted molar refractivity (Wildman–Crippen MR) is 76.5 cm³/mol. The zero-order valence-corrected chi connectivity index (χ0v) is 12.4. The van der Waals surface area contributed by atoms with Gasteiger partial charge in [-0.05, 0) is 42.9 Å². The molecule has 3 aliphatic carbocycles. The van der Waals surface area contributed by atoms with Gasteiger partial charge in [0.15, 0.2) is 0 Å². The van der Waals surface area contributed by atoms with Crippen molar-refractivity contribution in [1.82, 2.24) is 0 Å². The van der Waals surface area contributed by atoms with Crippen LogP contribution in [0.2, 0.25) is 0 Å². The molecule has 100 valence electrons. The van der Waals surface area contributed by atoms with Gasteiger partial charge in [0, 0.05) is 5.38 Å². The largest absolute Gasteiger partial charge is 0.122 e. The summed E-state index contributed by atoms with van der Waals surface area (Å²) >= 11 is 6.76. The Morgan fingerprint density at radius 3 is 1.59 bits per heavy atom. The highest BCUT2D eigenvalue weighted by Gasteiger charge is 2.44. The van der Waals surface area contributed by atoms with Gasteiger partial charge in [0.1, 0.15) is 0 Å². The minimum atomic E-state index is 0.536. The molecule has 0 bridgehead atoms. The topological polar surface area (TPSA) is 0 Å². The smallest absolute Gasteiger partial charge is 0.0397 e. The van der Waals surface area contributed by atoms with E-state index < -0.39 is 0 Å². The third-order valence-corrected chi connectivity index (χ3v) is 6.01. The van der Waals surface area contributed by atoms with Gasteiger partial charge in [-0.2, -0.15) is 0 Å². The lowest BCUT2D eigenvalue weighted by Gasteiger charge is -2.49. The van der Waals surface area contributed by atoms with E-state index in [1.807, 2.05) is 13.8 Å².